The van der Waals surface area contributed by atoms with E-state index in [0.29, 0.717) is 23.6 Å². The van der Waals surface area contributed by atoms with Gasteiger partial charge in [-0.3, -0.25) is 9.47 Å². The van der Waals surface area contributed by atoms with Crippen molar-refractivity contribution in [1.82, 2.24) is 4.68 Å². The molecule has 1 aromatic heterocycles. The van der Waals surface area contributed by atoms with Gasteiger partial charge < -0.3 is 14.9 Å². The van der Waals surface area contributed by atoms with Gasteiger partial charge in [0.2, 0.25) is 5.43 Å². The smallest absolute Gasteiger partial charge is 0.223 e. The number of rotatable bonds is 4. The summed E-state index contributed by atoms with van der Waals surface area (Å²) in [5, 5.41) is 13.8. The number of aliphatic hydroxyl groups excluding tert-OH is 1. The number of hydrogen-bond donors (Lipinski definition) is 1. The summed E-state index contributed by atoms with van der Waals surface area (Å²) in [6.45, 7) is 0.811. The fourth-order valence-corrected chi connectivity index (χ4v) is 7.04. The third kappa shape index (κ3) is 3.76. The zero-order valence-corrected chi connectivity index (χ0v) is 21.5. The largest absolute Gasteiger partial charge is 0.483 e. The van der Waals surface area contributed by atoms with E-state index >= 15 is 4.39 Å². The number of aliphatic hydroxyl groups is 1. The van der Waals surface area contributed by atoms with Crippen LogP contribution in [0.5, 0.6) is 5.75 Å². The van der Waals surface area contributed by atoms with E-state index in [9.17, 15) is 9.90 Å². The molecule has 2 aliphatic heterocycles. The second kappa shape index (κ2) is 9.03. The molecule has 3 aliphatic rings. The van der Waals surface area contributed by atoms with Crippen molar-refractivity contribution in [3.63, 3.8) is 0 Å². The highest BCUT2D eigenvalue weighted by atomic mass is 32.2. The maximum absolute atomic E-state index is 15.2. The van der Waals surface area contributed by atoms with Crippen LogP contribution in [0.25, 0.3) is 0 Å². The molecule has 1 saturated carbocycles. The molecule has 0 saturated heterocycles. The number of hydrogen-bond acceptors (Lipinski definition) is 5. The Hall–Kier alpha value is -3.55. The summed E-state index contributed by atoms with van der Waals surface area (Å²) < 4.78 is 23.2. The Morgan fingerprint density at radius 3 is 2.55 bits per heavy atom. The number of fused-ring (bicyclic) bond motifs is 3. The second-order valence-electron chi connectivity index (χ2n) is 10.4. The van der Waals surface area contributed by atoms with Crippen molar-refractivity contribution in [2.75, 3.05) is 11.6 Å². The Morgan fingerprint density at radius 1 is 0.974 bits per heavy atom. The SMILES string of the molecule is O=c1ccn2c(c1OCc1ccccc1)C(O)C1(CC1)CN2C1c2ccccc2SCc2c(F)cccc21. The number of benzene rings is 3. The Bertz CT molecular complexity index is 1580. The predicted molar refractivity (Wildman–Crippen MR) is 145 cm³/mol. The van der Waals surface area contributed by atoms with E-state index in [1.807, 2.05) is 53.2 Å². The molecule has 1 fully saturated rings. The van der Waals surface area contributed by atoms with Gasteiger partial charge in [-0.05, 0) is 41.7 Å². The molecule has 1 N–H and O–H groups in total. The third-order valence-electron chi connectivity index (χ3n) is 8.11. The van der Waals surface area contributed by atoms with Crippen LogP contribution in [-0.4, -0.2) is 16.3 Å². The minimum atomic E-state index is -0.833. The molecule has 7 heteroatoms. The lowest BCUT2D eigenvalue weighted by atomic mass is 9.89. The predicted octanol–water partition coefficient (Wildman–Crippen LogP) is 5.73. The highest BCUT2D eigenvalue weighted by Gasteiger charge is 2.56. The van der Waals surface area contributed by atoms with Crippen LogP contribution in [0.3, 0.4) is 0 Å². The van der Waals surface area contributed by atoms with Crippen LogP contribution in [0.15, 0.2) is 94.7 Å². The average molecular weight is 527 g/mol. The quantitative estimate of drug-likeness (QED) is 0.368. The van der Waals surface area contributed by atoms with Crippen LogP contribution in [0.2, 0.25) is 0 Å². The standard InChI is InChI=1S/C31H27FN2O3S/c32-24-11-6-10-21-23(24)18-38-26-12-5-4-9-22(26)27(21)34-19-31(14-15-31)30(36)28-29(25(35)13-16-33(28)34)37-17-20-7-2-1-3-8-20/h1-13,16,27,30,36H,14-15,17-19H2. The molecule has 0 bridgehead atoms. The molecule has 2 unspecified atom stereocenters. The van der Waals surface area contributed by atoms with Crippen molar-refractivity contribution < 1.29 is 14.2 Å². The van der Waals surface area contributed by atoms with Crippen LogP contribution in [0, 0.1) is 11.2 Å². The van der Waals surface area contributed by atoms with Gasteiger partial charge in [0.05, 0.1) is 6.04 Å². The first kappa shape index (κ1) is 23.6. The molecule has 4 aromatic rings. The van der Waals surface area contributed by atoms with Gasteiger partial charge in [0.25, 0.3) is 0 Å². The van der Waals surface area contributed by atoms with Crippen LogP contribution in [-0.2, 0) is 12.4 Å². The third-order valence-corrected chi connectivity index (χ3v) is 9.23. The molecule has 7 rings (SSSR count). The van der Waals surface area contributed by atoms with E-state index in [-0.39, 0.29) is 35.1 Å². The summed E-state index contributed by atoms with van der Waals surface area (Å²) in [6, 6.07) is 24.4. The Balaban J connectivity index is 1.41. The first-order chi connectivity index (χ1) is 18.6. The maximum atomic E-state index is 15.2. The molecule has 3 heterocycles. The van der Waals surface area contributed by atoms with Crippen LogP contribution >= 0.6 is 11.8 Å². The van der Waals surface area contributed by atoms with Gasteiger partial charge in [0.1, 0.15) is 24.2 Å². The van der Waals surface area contributed by atoms with Crippen molar-refractivity contribution in [3.8, 4) is 5.75 Å². The summed E-state index contributed by atoms with van der Waals surface area (Å²) in [6.07, 6.45) is 2.60. The number of pyridine rings is 1. The number of halogens is 1. The normalized spacial score (nSPS) is 20.7. The molecule has 0 amide bonds. The van der Waals surface area contributed by atoms with Gasteiger partial charge in [0.15, 0.2) is 5.75 Å². The van der Waals surface area contributed by atoms with Crippen LogP contribution in [0.4, 0.5) is 4.39 Å². The summed E-state index contributed by atoms with van der Waals surface area (Å²) in [5.41, 5.74) is 3.48. The van der Waals surface area contributed by atoms with E-state index in [1.54, 1.807) is 24.0 Å². The van der Waals surface area contributed by atoms with E-state index in [1.165, 1.54) is 12.1 Å². The summed E-state index contributed by atoms with van der Waals surface area (Å²) in [4.78, 5) is 14.3. The highest BCUT2D eigenvalue weighted by Crippen LogP contribution is 2.59. The lowest BCUT2D eigenvalue weighted by Crippen LogP contribution is -2.51. The van der Waals surface area contributed by atoms with Crippen molar-refractivity contribution >= 4 is 11.8 Å². The number of aromatic nitrogens is 1. The minimum Gasteiger partial charge on any atom is -0.483 e. The minimum absolute atomic E-state index is 0.176. The Kier molecular flexibility index (Phi) is 5.60. The fourth-order valence-electron chi connectivity index (χ4n) is 5.92. The van der Waals surface area contributed by atoms with Crippen molar-refractivity contribution in [2.45, 2.75) is 42.2 Å². The van der Waals surface area contributed by atoms with Gasteiger partial charge in [-0.15, -0.1) is 11.8 Å². The lowest BCUT2D eigenvalue weighted by Gasteiger charge is -2.46. The maximum Gasteiger partial charge on any atom is 0.223 e. The molecular weight excluding hydrogens is 499 g/mol. The van der Waals surface area contributed by atoms with Gasteiger partial charge >= 0.3 is 0 Å². The molecule has 192 valence electrons. The summed E-state index contributed by atoms with van der Waals surface area (Å²) >= 11 is 1.64. The average Bonchev–Trinajstić information content (AvgIpc) is 3.74. The van der Waals surface area contributed by atoms with Gasteiger partial charge in [-0.1, -0.05) is 60.7 Å². The fraction of sp³-hybridized carbons (Fsp3) is 0.258. The topological polar surface area (TPSA) is 54.7 Å². The number of thioether (sulfide) groups is 1. The first-order valence-electron chi connectivity index (χ1n) is 12.9. The number of ether oxygens (including phenoxy) is 1. The molecule has 5 nitrogen and oxygen atoms in total. The molecule has 1 spiro atoms. The van der Waals surface area contributed by atoms with Crippen molar-refractivity contribution in [1.29, 1.82) is 0 Å². The van der Waals surface area contributed by atoms with Gasteiger partial charge in [-0.25, -0.2) is 4.39 Å². The summed E-state index contributed by atoms with van der Waals surface area (Å²) in [5.74, 6) is 0.508. The Morgan fingerprint density at radius 2 is 1.74 bits per heavy atom. The first-order valence-corrected chi connectivity index (χ1v) is 13.9. The molecule has 2 atom stereocenters. The van der Waals surface area contributed by atoms with Gasteiger partial charge in [0, 0.05) is 40.4 Å². The van der Waals surface area contributed by atoms with E-state index < -0.39 is 6.10 Å². The van der Waals surface area contributed by atoms with Crippen molar-refractivity contribution in [3.05, 3.63) is 129 Å². The van der Waals surface area contributed by atoms with Crippen LogP contribution < -0.4 is 15.2 Å². The van der Waals surface area contributed by atoms with Crippen LogP contribution in [0.1, 0.15) is 52.9 Å². The molecule has 3 aromatic carbocycles. The Labute approximate surface area is 224 Å². The number of nitrogens with zero attached hydrogens (tertiary/aromatic N) is 2. The zero-order valence-electron chi connectivity index (χ0n) is 20.7. The highest BCUT2D eigenvalue weighted by molar-refractivity contribution is 7.98. The second-order valence-corrected chi connectivity index (χ2v) is 11.4. The molecule has 1 aliphatic carbocycles. The molecule has 0 radical (unpaired) electrons. The summed E-state index contributed by atoms with van der Waals surface area (Å²) in [7, 11) is 0. The monoisotopic (exact) mass is 526 g/mol. The molecular formula is C31H27FN2O3S. The lowest BCUT2D eigenvalue weighted by molar-refractivity contribution is 0.0605. The zero-order chi connectivity index (χ0) is 25.9. The van der Waals surface area contributed by atoms with Crippen molar-refractivity contribution in [2.24, 2.45) is 5.41 Å². The van der Waals surface area contributed by atoms with E-state index in [2.05, 4.69) is 17.1 Å². The van der Waals surface area contributed by atoms with E-state index in [0.717, 1.165) is 34.4 Å². The van der Waals surface area contributed by atoms with Gasteiger partial charge in [-0.2, -0.15) is 0 Å². The molecule has 38 heavy (non-hydrogen) atoms. The van der Waals surface area contributed by atoms with E-state index in [4.69, 9.17) is 4.74 Å².